The lowest BCUT2D eigenvalue weighted by atomic mass is 9.94. The first-order valence-corrected chi connectivity index (χ1v) is 7.20. The Balaban J connectivity index is 2.31. The Morgan fingerprint density at radius 2 is 2.29 bits per heavy atom. The molecule has 0 aromatic carbocycles. The molecule has 0 aromatic rings. The maximum absolute atomic E-state index is 3.55. The predicted octanol–water partition coefficient (Wildman–Crippen LogP) is 3.67. The van der Waals surface area contributed by atoms with Gasteiger partial charge < -0.3 is 4.90 Å². The van der Waals surface area contributed by atoms with Crippen LogP contribution in [0.25, 0.3) is 0 Å². The number of rotatable bonds is 5. The number of alkyl halides is 1. The van der Waals surface area contributed by atoms with E-state index in [1.807, 2.05) is 0 Å². The molecule has 1 aliphatic rings. The summed E-state index contributed by atoms with van der Waals surface area (Å²) in [5.41, 5.74) is 0. The van der Waals surface area contributed by atoms with Gasteiger partial charge in [-0.25, -0.2) is 0 Å². The van der Waals surface area contributed by atoms with E-state index in [0.29, 0.717) is 0 Å². The number of hydrogen-bond donors (Lipinski definition) is 0. The molecule has 0 N–H and O–H groups in total. The highest BCUT2D eigenvalue weighted by Gasteiger charge is 2.22. The molecule has 0 spiro atoms. The fourth-order valence-corrected chi connectivity index (χ4v) is 3.14. The minimum atomic E-state index is 0.804. The van der Waals surface area contributed by atoms with Crippen LogP contribution in [0.5, 0.6) is 0 Å². The van der Waals surface area contributed by atoms with E-state index >= 15 is 0 Å². The van der Waals surface area contributed by atoms with Gasteiger partial charge in [-0.1, -0.05) is 29.3 Å². The van der Waals surface area contributed by atoms with E-state index < -0.39 is 0 Å². The molecule has 2 unspecified atom stereocenters. The van der Waals surface area contributed by atoms with Crippen LogP contribution in [-0.4, -0.2) is 29.4 Å². The van der Waals surface area contributed by atoms with Crippen LogP contribution in [-0.2, 0) is 0 Å². The minimum Gasteiger partial charge on any atom is -0.300 e. The van der Waals surface area contributed by atoms with E-state index in [9.17, 15) is 0 Å². The van der Waals surface area contributed by atoms with Crippen LogP contribution in [0.15, 0.2) is 0 Å². The zero-order chi connectivity index (χ0) is 10.4. The van der Waals surface area contributed by atoms with Crippen LogP contribution in [0.2, 0.25) is 0 Å². The highest BCUT2D eigenvalue weighted by atomic mass is 79.9. The van der Waals surface area contributed by atoms with E-state index in [1.165, 1.54) is 50.5 Å². The normalized spacial score (nSPS) is 26.4. The molecule has 1 heterocycles. The van der Waals surface area contributed by atoms with Gasteiger partial charge in [0.05, 0.1) is 0 Å². The van der Waals surface area contributed by atoms with Crippen molar-refractivity contribution in [3.05, 3.63) is 0 Å². The third kappa shape index (κ3) is 3.90. The molecule has 0 aliphatic carbocycles. The lowest BCUT2D eigenvalue weighted by molar-refractivity contribution is 0.124. The Morgan fingerprint density at radius 1 is 1.50 bits per heavy atom. The second kappa shape index (κ2) is 6.84. The Hall–Kier alpha value is 0.440. The van der Waals surface area contributed by atoms with Gasteiger partial charge in [0.1, 0.15) is 0 Å². The van der Waals surface area contributed by atoms with Crippen LogP contribution >= 0.6 is 15.9 Å². The maximum atomic E-state index is 3.55. The zero-order valence-corrected chi connectivity index (χ0v) is 11.2. The molecule has 1 fully saturated rings. The first kappa shape index (κ1) is 12.5. The lowest BCUT2D eigenvalue weighted by Gasteiger charge is -2.36. The summed E-state index contributed by atoms with van der Waals surface area (Å²) in [5.74, 6) is 0.947. The van der Waals surface area contributed by atoms with Crippen LogP contribution in [0.3, 0.4) is 0 Å². The summed E-state index contributed by atoms with van der Waals surface area (Å²) in [7, 11) is 0. The Labute approximate surface area is 97.4 Å². The van der Waals surface area contributed by atoms with Crippen LogP contribution in [0.1, 0.15) is 46.0 Å². The maximum Gasteiger partial charge on any atom is 0.00669 e. The number of likely N-dealkylation sites (tertiary alicyclic amines) is 1. The highest BCUT2D eigenvalue weighted by Crippen LogP contribution is 2.22. The summed E-state index contributed by atoms with van der Waals surface area (Å²) >= 11 is 3.55. The van der Waals surface area contributed by atoms with Crippen molar-refractivity contribution in [2.24, 2.45) is 5.92 Å². The molecule has 0 radical (unpaired) electrons. The fourth-order valence-electron chi connectivity index (χ4n) is 2.49. The summed E-state index contributed by atoms with van der Waals surface area (Å²) in [6.45, 7) is 7.35. The molecular weight excluding hydrogens is 238 g/mol. The first-order chi connectivity index (χ1) is 6.77. The molecular formula is C12H24BrN. The first-order valence-electron chi connectivity index (χ1n) is 6.08. The second-order valence-electron chi connectivity index (χ2n) is 4.62. The van der Waals surface area contributed by atoms with E-state index in [0.717, 1.165) is 12.0 Å². The van der Waals surface area contributed by atoms with Gasteiger partial charge in [0.15, 0.2) is 0 Å². The Kier molecular flexibility index (Phi) is 6.11. The van der Waals surface area contributed by atoms with Crippen molar-refractivity contribution in [2.45, 2.75) is 52.0 Å². The van der Waals surface area contributed by atoms with Crippen molar-refractivity contribution in [1.29, 1.82) is 0 Å². The summed E-state index contributed by atoms with van der Waals surface area (Å²) in [6.07, 6.45) is 6.89. The predicted molar refractivity (Wildman–Crippen MR) is 67.1 cm³/mol. The quantitative estimate of drug-likeness (QED) is 0.683. The summed E-state index contributed by atoms with van der Waals surface area (Å²) in [5, 5.41) is 1.17. The highest BCUT2D eigenvalue weighted by molar-refractivity contribution is 9.09. The molecule has 2 atom stereocenters. The molecule has 84 valence electrons. The van der Waals surface area contributed by atoms with Crippen molar-refractivity contribution in [2.75, 3.05) is 18.4 Å². The molecule has 0 amide bonds. The van der Waals surface area contributed by atoms with Crippen molar-refractivity contribution >= 4 is 15.9 Å². The topological polar surface area (TPSA) is 3.24 Å². The van der Waals surface area contributed by atoms with Gasteiger partial charge in [-0.2, -0.15) is 0 Å². The molecule has 1 rings (SSSR count). The van der Waals surface area contributed by atoms with Gasteiger partial charge in [0.25, 0.3) is 0 Å². The van der Waals surface area contributed by atoms with Gasteiger partial charge in [0.2, 0.25) is 0 Å². The van der Waals surface area contributed by atoms with Crippen LogP contribution < -0.4 is 0 Å². The van der Waals surface area contributed by atoms with Gasteiger partial charge in [0, 0.05) is 17.9 Å². The van der Waals surface area contributed by atoms with E-state index in [-0.39, 0.29) is 0 Å². The van der Waals surface area contributed by atoms with E-state index in [4.69, 9.17) is 0 Å². The lowest BCUT2D eigenvalue weighted by Crippen LogP contribution is -2.41. The summed E-state index contributed by atoms with van der Waals surface area (Å²) < 4.78 is 0. The Morgan fingerprint density at radius 3 is 2.93 bits per heavy atom. The standard InChI is InChI=1S/C12H24BrN/c1-3-5-11(2)14-9-4-6-12(10-14)7-8-13/h11-12H,3-10H2,1-2H3. The smallest absolute Gasteiger partial charge is 0.00669 e. The number of halogens is 1. The number of nitrogens with zero attached hydrogens (tertiary/aromatic N) is 1. The molecule has 1 aliphatic heterocycles. The van der Waals surface area contributed by atoms with Gasteiger partial charge in [-0.05, 0) is 45.1 Å². The molecule has 14 heavy (non-hydrogen) atoms. The van der Waals surface area contributed by atoms with Crippen molar-refractivity contribution in [3.63, 3.8) is 0 Å². The average Bonchev–Trinajstić information content (AvgIpc) is 2.19. The average molecular weight is 262 g/mol. The molecule has 0 saturated carbocycles. The third-order valence-electron chi connectivity index (χ3n) is 3.40. The third-order valence-corrected chi connectivity index (χ3v) is 3.86. The van der Waals surface area contributed by atoms with Gasteiger partial charge in [-0.15, -0.1) is 0 Å². The van der Waals surface area contributed by atoms with Crippen molar-refractivity contribution in [3.8, 4) is 0 Å². The van der Waals surface area contributed by atoms with Crippen LogP contribution in [0.4, 0.5) is 0 Å². The minimum absolute atomic E-state index is 0.804. The number of hydrogen-bond acceptors (Lipinski definition) is 1. The second-order valence-corrected chi connectivity index (χ2v) is 5.41. The van der Waals surface area contributed by atoms with Gasteiger partial charge in [-0.3, -0.25) is 0 Å². The zero-order valence-electron chi connectivity index (χ0n) is 9.64. The fraction of sp³-hybridized carbons (Fsp3) is 1.00. The SMILES string of the molecule is CCCC(C)N1CCCC(CCBr)C1. The molecule has 1 nitrogen and oxygen atoms in total. The van der Waals surface area contributed by atoms with Crippen molar-refractivity contribution in [1.82, 2.24) is 4.90 Å². The molecule has 0 aromatic heterocycles. The molecule has 2 heteroatoms. The van der Waals surface area contributed by atoms with E-state index in [2.05, 4.69) is 34.7 Å². The summed E-state index contributed by atoms with van der Waals surface area (Å²) in [6, 6.07) is 0.804. The van der Waals surface area contributed by atoms with Gasteiger partial charge >= 0.3 is 0 Å². The van der Waals surface area contributed by atoms with Crippen molar-refractivity contribution < 1.29 is 0 Å². The van der Waals surface area contributed by atoms with E-state index in [1.54, 1.807) is 0 Å². The molecule has 0 bridgehead atoms. The molecule has 1 saturated heterocycles. The largest absolute Gasteiger partial charge is 0.300 e. The monoisotopic (exact) mass is 261 g/mol. The summed E-state index contributed by atoms with van der Waals surface area (Å²) in [4.78, 5) is 2.69. The number of piperidine rings is 1. The Bertz CT molecular complexity index is 143. The van der Waals surface area contributed by atoms with Crippen LogP contribution in [0, 0.1) is 5.92 Å².